The van der Waals surface area contributed by atoms with Gasteiger partial charge in [0.15, 0.2) is 5.60 Å². The first kappa shape index (κ1) is 24.6. The number of carboxylic acids is 3. The standard InChI is InChI=1S/C26H19NO11/c28-12-4-6-15-18(8-12)37-19-9-13(29)5-7-16(19)26(15)17-3-1-2-14(22(17)25(36)38-26)23(24(34)35)27(10-20(30)31)11-21(32)33/h1-9,23,28-29H,10-11H2,(H,30,31)(H,32,33)(H,34,35). The van der Waals surface area contributed by atoms with Gasteiger partial charge >= 0.3 is 23.9 Å². The molecule has 0 saturated heterocycles. The molecule has 38 heavy (non-hydrogen) atoms. The van der Waals surface area contributed by atoms with Gasteiger partial charge in [-0.15, -0.1) is 0 Å². The summed E-state index contributed by atoms with van der Waals surface area (Å²) in [7, 11) is 0. The molecule has 5 N–H and O–H groups in total. The monoisotopic (exact) mass is 521 g/mol. The number of carbonyl (C=O) groups excluding carboxylic acids is 1. The second-order valence-corrected chi connectivity index (χ2v) is 8.74. The molecule has 2 aliphatic heterocycles. The number of ether oxygens (including phenoxy) is 2. The first-order chi connectivity index (χ1) is 18.0. The van der Waals surface area contributed by atoms with Crippen molar-refractivity contribution in [3.8, 4) is 23.0 Å². The quantitative estimate of drug-likeness (QED) is 0.285. The van der Waals surface area contributed by atoms with E-state index in [9.17, 15) is 44.7 Å². The van der Waals surface area contributed by atoms with Crippen molar-refractivity contribution in [1.82, 2.24) is 4.90 Å². The molecule has 12 nitrogen and oxygen atoms in total. The summed E-state index contributed by atoms with van der Waals surface area (Å²) in [5.74, 6) is -5.50. The Labute approximate surface area is 213 Å². The number of hydrogen-bond donors (Lipinski definition) is 5. The number of hydrogen-bond acceptors (Lipinski definition) is 9. The SMILES string of the molecule is O=C(O)CN(CC(=O)O)C(C(=O)O)c1cccc2c1C(=O)OC21c2ccc(O)cc2Oc2cc(O)ccc21. The largest absolute Gasteiger partial charge is 0.508 e. The molecule has 1 atom stereocenters. The van der Waals surface area contributed by atoms with Crippen molar-refractivity contribution in [1.29, 1.82) is 0 Å². The zero-order valence-corrected chi connectivity index (χ0v) is 19.3. The number of carboxylic acid groups (broad SMARTS) is 3. The number of esters is 1. The third kappa shape index (κ3) is 3.74. The lowest BCUT2D eigenvalue weighted by molar-refractivity contribution is -0.149. The Morgan fingerprint density at radius 1 is 0.816 bits per heavy atom. The summed E-state index contributed by atoms with van der Waals surface area (Å²) >= 11 is 0. The number of carbonyl (C=O) groups is 4. The number of phenols is 2. The molecule has 2 aliphatic rings. The van der Waals surface area contributed by atoms with Crippen molar-refractivity contribution in [2.75, 3.05) is 13.1 Å². The highest BCUT2D eigenvalue weighted by atomic mass is 16.6. The molecule has 0 bridgehead atoms. The number of aliphatic carboxylic acids is 3. The summed E-state index contributed by atoms with van der Waals surface area (Å²) in [5.41, 5.74) is -1.22. The van der Waals surface area contributed by atoms with Crippen LogP contribution in [-0.2, 0) is 24.7 Å². The van der Waals surface area contributed by atoms with Crippen LogP contribution in [0.3, 0.4) is 0 Å². The van der Waals surface area contributed by atoms with Crippen molar-refractivity contribution >= 4 is 23.9 Å². The van der Waals surface area contributed by atoms with E-state index in [1.54, 1.807) is 0 Å². The molecule has 0 aliphatic carbocycles. The second-order valence-electron chi connectivity index (χ2n) is 8.74. The van der Waals surface area contributed by atoms with Gasteiger partial charge in [-0.2, -0.15) is 0 Å². The van der Waals surface area contributed by atoms with E-state index in [2.05, 4.69) is 0 Å². The minimum Gasteiger partial charge on any atom is -0.508 e. The first-order valence-electron chi connectivity index (χ1n) is 11.1. The Kier molecular flexibility index (Phi) is 5.68. The molecule has 1 unspecified atom stereocenters. The van der Waals surface area contributed by atoms with Gasteiger partial charge in [0.1, 0.15) is 29.0 Å². The van der Waals surface area contributed by atoms with Crippen LogP contribution in [0.4, 0.5) is 0 Å². The van der Waals surface area contributed by atoms with Gasteiger partial charge < -0.3 is 35.0 Å². The highest BCUT2D eigenvalue weighted by Gasteiger charge is 2.55. The number of fused-ring (bicyclic) bond motifs is 6. The van der Waals surface area contributed by atoms with Gasteiger partial charge in [0.2, 0.25) is 0 Å². The fourth-order valence-corrected chi connectivity index (χ4v) is 5.07. The molecular weight excluding hydrogens is 502 g/mol. The second kappa shape index (κ2) is 8.78. The summed E-state index contributed by atoms with van der Waals surface area (Å²) in [6.07, 6.45) is 0. The lowest BCUT2D eigenvalue weighted by atomic mass is 9.76. The Bertz CT molecular complexity index is 1460. The number of nitrogens with zero attached hydrogens (tertiary/aromatic N) is 1. The fraction of sp³-hybridized carbons (Fsp3) is 0.154. The van der Waals surface area contributed by atoms with Crippen LogP contribution in [0.15, 0.2) is 54.6 Å². The maximum absolute atomic E-state index is 13.5. The van der Waals surface area contributed by atoms with Gasteiger partial charge in [-0.3, -0.25) is 19.3 Å². The molecule has 3 aromatic rings. The summed E-state index contributed by atoms with van der Waals surface area (Å²) in [5, 5.41) is 48.8. The number of rotatable bonds is 7. The Morgan fingerprint density at radius 3 is 1.87 bits per heavy atom. The smallest absolute Gasteiger partial charge is 0.340 e. The van der Waals surface area contributed by atoms with Crippen LogP contribution in [0, 0.1) is 0 Å². The number of phenolic OH excluding ortho intramolecular Hbond substituents is 2. The van der Waals surface area contributed by atoms with Gasteiger partial charge in [0.25, 0.3) is 0 Å². The number of benzene rings is 3. The van der Waals surface area contributed by atoms with Crippen LogP contribution in [0.2, 0.25) is 0 Å². The molecule has 194 valence electrons. The van der Waals surface area contributed by atoms with Crippen LogP contribution in [0.5, 0.6) is 23.0 Å². The minimum absolute atomic E-state index is 0.113. The van der Waals surface area contributed by atoms with Crippen LogP contribution in [0.25, 0.3) is 0 Å². The maximum atomic E-state index is 13.5. The van der Waals surface area contributed by atoms with E-state index in [-0.39, 0.29) is 39.7 Å². The van der Waals surface area contributed by atoms with Crippen molar-refractivity contribution in [3.63, 3.8) is 0 Å². The normalized spacial score (nSPS) is 15.1. The van der Waals surface area contributed by atoms with Crippen LogP contribution >= 0.6 is 0 Å². The fourth-order valence-electron chi connectivity index (χ4n) is 5.07. The molecular formula is C26H19NO11. The van der Waals surface area contributed by atoms with Crippen molar-refractivity contribution < 1.29 is 54.2 Å². The topological polar surface area (TPSA) is 191 Å². The average Bonchev–Trinajstić information content (AvgIpc) is 3.11. The molecule has 0 amide bonds. The van der Waals surface area contributed by atoms with E-state index in [4.69, 9.17) is 9.47 Å². The van der Waals surface area contributed by atoms with E-state index in [0.29, 0.717) is 16.0 Å². The first-order valence-corrected chi connectivity index (χ1v) is 11.1. The van der Waals surface area contributed by atoms with Crippen LogP contribution < -0.4 is 4.74 Å². The van der Waals surface area contributed by atoms with E-state index < -0.39 is 48.6 Å². The highest BCUT2D eigenvalue weighted by Crippen LogP contribution is 2.57. The van der Waals surface area contributed by atoms with E-state index in [1.807, 2.05) is 0 Å². The lowest BCUT2D eigenvalue weighted by Crippen LogP contribution is -2.41. The van der Waals surface area contributed by atoms with E-state index >= 15 is 0 Å². The molecule has 0 aromatic heterocycles. The molecule has 0 radical (unpaired) electrons. The maximum Gasteiger partial charge on any atom is 0.340 e. The molecule has 0 fully saturated rings. The van der Waals surface area contributed by atoms with Crippen molar-refractivity contribution in [2.24, 2.45) is 0 Å². The highest BCUT2D eigenvalue weighted by molar-refractivity contribution is 6.00. The molecule has 5 rings (SSSR count). The lowest BCUT2D eigenvalue weighted by Gasteiger charge is -2.36. The van der Waals surface area contributed by atoms with Gasteiger partial charge in [0.05, 0.1) is 18.7 Å². The Morgan fingerprint density at radius 2 is 1.37 bits per heavy atom. The molecule has 12 heteroatoms. The molecule has 0 saturated carbocycles. The Hall–Kier alpha value is -5.10. The third-order valence-corrected chi connectivity index (χ3v) is 6.41. The zero-order valence-electron chi connectivity index (χ0n) is 19.3. The summed E-state index contributed by atoms with van der Waals surface area (Å²) in [6.45, 7) is -1.85. The molecule has 2 heterocycles. The van der Waals surface area contributed by atoms with Crippen LogP contribution in [0.1, 0.15) is 38.7 Å². The van der Waals surface area contributed by atoms with Gasteiger partial charge in [-0.05, 0) is 29.8 Å². The predicted octanol–water partition coefficient (Wildman–Crippen LogP) is 2.26. The minimum atomic E-state index is -1.82. The molecule has 1 spiro atoms. The molecule has 3 aromatic carbocycles. The summed E-state index contributed by atoms with van der Waals surface area (Å²) in [4.78, 5) is 49.5. The van der Waals surface area contributed by atoms with Crippen LogP contribution in [-0.4, -0.2) is 67.4 Å². The van der Waals surface area contributed by atoms with Crippen molar-refractivity contribution in [3.05, 3.63) is 82.4 Å². The average molecular weight is 521 g/mol. The zero-order chi connectivity index (χ0) is 27.4. The predicted molar refractivity (Wildman–Crippen MR) is 125 cm³/mol. The van der Waals surface area contributed by atoms with Gasteiger partial charge in [-0.25, -0.2) is 4.79 Å². The van der Waals surface area contributed by atoms with E-state index in [0.717, 1.165) is 0 Å². The van der Waals surface area contributed by atoms with Crippen molar-refractivity contribution in [2.45, 2.75) is 11.6 Å². The Balaban J connectivity index is 1.78. The summed E-state index contributed by atoms with van der Waals surface area (Å²) in [6, 6.07) is 10.7. The van der Waals surface area contributed by atoms with Gasteiger partial charge in [-0.1, -0.05) is 18.2 Å². The van der Waals surface area contributed by atoms with Gasteiger partial charge in [0, 0.05) is 28.8 Å². The van der Waals surface area contributed by atoms with E-state index in [1.165, 1.54) is 54.6 Å². The summed E-state index contributed by atoms with van der Waals surface area (Å²) < 4.78 is 11.9. The number of aromatic hydroxyl groups is 2. The third-order valence-electron chi connectivity index (χ3n) is 6.41.